The van der Waals surface area contributed by atoms with Gasteiger partial charge in [0.05, 0.1) is 20.3 Å². The Bertz CT molecular complexity index is 1080. The van der Waals surface area contributed by atoms with Gasteiger partial charge in [0.25, 0.3) is 0 Å². The van der Waals surface area contributed by atoms with Gasteiger partial charge >= 0.3 is 0 Å². The zero-order valence-corrected chi connectivity index (χ0v) is 20.2. The number of rotatable bonds is 7. The average Bonchev–Trinajstić information content (AvgIpc) is 2.90. The van der Waals surface area contributed by atoms with Crippen LogP contribution in [0.5, 0.6) is 11.5 Å². The van der Waals surface area contributed by atoms with E-state index in [2.05, 4.69) is 82.6 Å². The molecule has 34 heavy (non-hydrogen) atoms. The summed E-state index contributed by atoms with van der Waals surface area (Å²) in [6.45, 7) is 5.37. The summed E-state index contributed by atoms with van der Waals surface area (Å²) in [4.78, 5) is 5.25. The molecule has 3 aromatic carbocycles. The van der Waals surface area contributed by atoms with Crippen LogP contribution in [0.4, 0.5) is 0 Å². The molecule has 0 N–H and O–H groups in total. The fourth-order valence-corrected chi connectivity index (χ4v) is 5.45. The van der Waals surface area contributed by atoms with Gasteiger partial charge in [-0.05, 0) is 35.6 Å². The summed E-state index contributed by atoms with van der Waals surface area (Å²) in [6, 6.07) is 26.4. The monoisotopic (exact) mass is 454 g/mol. The number of fused-ring (bicyclic) bond motifs is 1. The molecular weight excluding hydrogens is 420 g/mol. The molecule has 1 saturated heterocycles. The number of piperazine rings is 1. The van der Waals surface area contributed by atoms with Crippen LogP contribution >= 0.6 is 0 Å². The second-order valence-corrected chi connectivity index (χ2v) is 9.21. The largest absolute Gasteiger partial charge is 0.493 e. The maximum absolute atomic E-state index is 5.66. The second-order valence-electron chi connectivity index (χ2n) is 9.21. The molecule has 0 radical (unpaired) electrons. The lowest BCUT2D eigenvalue weighted by atomic mass is 9.90. The molecule has 0 aromatic heterocycles. The van der Waals surface area contributed by atoms with Crippen LogP contribution in [0, 0.1) is 0 Å². The lowest BCUT2D eigenvalue weighted by molar-refractivity contribution is 0.115. The Hall–Kier alpha value is -3.08. The molecule has 4 nitrogen and oxygen atoms in total. The quantitative estimate of drug-likeness (QED) is 0.475. The highest BCUT2D eigenvalue weighted by atomic mass is 16.5. The average molecular weight is 455 g/mol. The Balaban J connectivity index is 1.27. The molecule has 0 saturated carbocycles. The molecule has 4 heteroatoms. The lowest BCUT2D eigenvalue weighted by Crippen LogP contribution is -2.48. The van der Waals surface area contributed by atoms with Crippen molar-refractivity contribution >= 4 is 6.08 Å². The van der Waals surface area contributed by atoms with Crippen molar-refractivity contribution in [1.29, 1.82) is 0 Å². The van der Waals surface area contributed by atoms with Crippen molar-refractivity contribution in [3.63, 3.8) is 0 Å². The molecule has 1 fully saturated rings. The number of nitrogens with zero attached hydrogens (tertiary/aromatic N) is 2. The highest BCUT2D eigenvalue weighted by Gasteiger charge is 2.27. The molecule has 0 unspecified atom stereocenters. The van der Waals surface area contributed by atoms with E-state index >= 15 is 0 Å². The molecule has 0 spiro atoms. The van der Waals surface area contributed by atoms with E-state index in [9.17, 15) is 0 Å². The van der Waals surface area contributed by atoms with E-state index in [-0.39, 0.29) is 0 Å². The fourth-order valence-electron chi connectivity index (χ4n) is 5.45. The van der Waals surface area contributed by atoms with Crippen molar-refractivity contribution in [3.8, 4) is 11.5 Å². The minimum atomic E-state index is 0.313. The van der Waals surface area contributed by atoms with Gasteiger partial charge in [0.2, 0.25) is 0 Å². The molecule has 1 heterocycles. The minimum absolute atomic E-state index is 0.313. The standard InChI is InChI=1S/C30H34N2O2/c1-33-28-16-14-26-21-23(13-15-27(26)30(28)34-2)22-31-17-19-32(20-18-31)29(24-9-5-3-6-10-24)25-11-7-4-8-12-25/h3-12,14,16,21,29H,13,15,17-20,22H2,1-2H3. The van der Waals surface area contributed by atoms with Crippen LogP contribution in [-0.4, -0.2) is 56.7 Å². The summed E-state index contributed by atoms with van der Waals surface area (Å²) >= 11 is 0. The molecule has 1 aliphatic carbocycles. The summed E-state index contributed by atoms with van der Waals surface area (Å²) < 4.78 is 11.1. The van der Waals surface area contributed by atoms with Gasteiger partial charge in [0, 0.05) is 38.3 Å². The predicted octanol–water partition coefficient (Wildman–Crippen LogP) is 5.44. The van der Waals surface area contributed by atoms with Crippen LogP contribution in [0.1, 0.15) is 34.7 Å². The van der Waals surface area contributed by atoms with Gasteiger partial charge in [-0.3, -0.25) is 9.80 Å². The summed E-state index contributed by atoms with van der Waals surface area (Å²) in [5.41, 5.74) is 6.79. The van der Waals surface area contributed by atoms with Gasteiger partial charge in [0.15, 0.2) is 11.5 Å². The number of ether oxygens (including phenoxy) is 2. The van der Waals surface area contributed by atoms with E-state index in [1.165, 1.54) is 27.8 Å². The van der Waals surface area contributed by atoms with Crippen LogP contribution in [0.25, 0.3) is 6.08 Å². The fraction of sp³-hybridized carbons (Fsp3) is 0.333. The molecule has 0 amide bonds. The maximum atomic E-state index is 5.66. The molecule has 3 aromatic rings. The summed E-state index contributed by atoms with van der Waals surface area (Å²) in [5, 5.41) is 0. The van der Waals surface area contributed by atoms with Crippen LogP contribution in [0.2, 0.25) is 0 Å². The van der Waals surface area contributed by atoms with Crippen molar-refractivity contribution in [3.05, 3.63) is 101 Å². The van der Waals surface area contributed by atoms with Crippen molar-refractivity contribution in [1.82, 2.24) is 9.80 Å². The van der Waals surface area contributed by atoms with Crippen molar-refractivity contribution < 1.29 is 9.47 Å². The first kappa shape index (κ1) is 22.7. The predicted molar refractivity (Wildman–Crippen MR) is 139 cm³/mol. The molecule has 2 aliphatic rings. The Morgan fingerprint density at radius 3 is 1.97 bits per heavy atom. The van der Waals surface area contributed by atoms with Gasteiger partial charge in [-0.15, -0.1) is 0 Å². The topological polar surface area (TPSA) is 24.9 Å². The van der Waals surface area contributed by atoms with E-state index in [0.717, 1.165) is 57.1 Å². The first-order valence-electron chi connectivity index (χ1n) is 12.3. The van der Waals surface area contributed by atoms with E-state index in [1.807, 2.05) is 6.07 Å². The lowest BCUT2D eigenvalue weighted by Gasteiger charge is -2.40. The third kappa shape index (κ3) is 4.75. The smallest absolute Gasteiger partial charge is 0.164 e. The number of hydrogen-bond donors (Lipinski definition) is 0. The number of benzene rings is 3. The summed E-state index contributed by atoms with van der Waals surface area (Å²) in [6.07, 6.45) is 4.45. The molecule has 0 bridgehead atoms. The summed E-state index contributed by atoms with van der Waals surface area (Å²) in [7, 11) is 3.43. The zero-order chi connectivity index (χ0) is 23.3. The molecule has 0 atom stereocenters. The number of hydrogen-bond acceptors (Lipinski definition) is 4. The summed E-state index contributed by atoms with van der Waals surface area (Å²) in [5.74, 6) is 1.71. The SMILES string of the molecule is COc1ccc2c(c1OC)CCC(CN1CCN(C(c3ccccc3)c3ccccc3)CC1)=C2. The first-order valence-corrected chi connectivity index (χ1v) is 12.3. The third-order valence-corrected chi connectivity index (χ3v) is 7.17. The Morgan fingerprint density at radius 1 is 0.735 bits per heavy atom. The number of methoxy groups -OCH3 is 2. The van der Waals surface area contributed by atoms with Crippen LogP contribution in [0.3, 0.4) is 0 Å². The highest BCUT2D eigenvalue weighted by molar-refractivity contribution is 5.66. The highest BCUT2D eigenvalue weighted by Crippen LogP contribution is 2.38. The normalized spacial score (nSPS) is 16.7. The van der Waals surface area contributed by atoms with E-state index in [4.69, 9.17) is 9.47 Å². The van der Waals surface area contributed by atoms with Gasteiger partial charge in [-0.25, -0.2) is 0 Å². The van der Waals surface area contributed by atoms with Gasteiger partial charge in [-0.1, -0.05) is 78.4 Å². The van der Waals surface area contributed by atoms with Gasteiger partial charge < -0.3 is 9.47 Å². The minimum Gasteiger partial charge on any atom is -0.493 e. The third-order valence-electron chi connectivity index (χ3n) is 7.17. The molecule has 176 valence electrons. The van der Waals surface area contributed by atoms with E-state index in [1.54, 1.807) is 14.2 Å². The van der Waals surface area contributed by atoms with E-state index < -0.39 is 0 Å². The Labute approximate surface area is 203 Å². The van der Waals surface area contributed by atoms with Gasteiger partial charge in [-0.2, -0.15) is 0 Å². The van der Waals surface area contributed by atoms with Crippen molar-refractivity contribution in [2.75, 3.05) is 46.9 Å². The maximum Gasteiger partial charge on any atom is 0.164 e. The molecule has 5 rings (SSSR count). The van der Waals surface area contributed by atoms with Crippen molar-refractivity contribution in [2.45, 2.75) is 18.9 Å². The van der Waals surface area contributed by atoms with Crippen molar-refractivity contribution in [2.24, 2.45) is 0 Å². The molecule has 1 aliphatic heterocycles. The second kappa shape index (κ2) is 10.5. The zero-order valence-electron chi connectivity index (χ0n) is 20.2. The first-order chi connectivity index (χ1) is 16.8. The van der Waals surface area contributed by atoms with Crippen LogP contribution in [-0.2, 0) is 6.42 Å². The Morgan fingerprint density at radius 2 is 1.38 bits per heavy atom. The van der Waals surface area contributed by atoms with Crippen LogP contribution in [0.15, 0.2) is 78.4 Å². The Kier molecular flexibility index (Phi) is 6.98. The van der Waals surface area contributed by atoms with E-state index in [0.29, 0.717) is 6.04 Å². The van der Waals surface area contributed by atoms with Crippen LogP contribution < -0.4 is 9.47 Å². The molecular formula is C30H34N2O2. The van der Waals surface area contributed by atoms with Gasteiger partial charge in [0.1, 0.15) is 0 Å².